The fraction of sp³-hybridized carbons (Fsp3) is 0.750. The first-order valence-corrected chi connectivity index (χ1v) is 2.73. The van der Waals surface area contributed by atoms with Gasteiger partial charge in [-0.15, -0.1) is 0 Å². The van der Waals surface area contributed by atoms with Crippen LogP contribution in [-0.4, -0.2) is 5.25 Å². The summed E-state index contributed by atoms with van der Waals surface area (Å²) in [4.78, 5) is 0. The van der Waals surface area contributed by atoms with Crippen LogP contribution in [0.4, 0.5) is 0 Å². The lowest BCUT2D eigenvalue weighted by atomic mass is 10.6. The van der Waals surface area contributed by atoms with Gasteiger partial charge in [0.25, 0.3) is 0 Å². The summed E-state index contributed by atoms with van der Waals surface area (Å²) in [7, 11) is 0. The van der Waals surface area contributed by atoms with Gasteiger partial charge in [-0.3, -0.25) is 0 Å². The highest BCUT2D eigenvalue weighted by atomic mass is 32.2. The zero-order chi connectivity index (χ0) is 4.28. The maximum Gasteiger partial charge on any atom is 0.00262 e. The molecule has 5 heavy (non-hydrogen) atoms. The van der Waals surface area contributed by atoms with Crippen LogP contribution in [0, 0.1) is 6.26 Å². The van der Waals surface area contributed by atoms with Crippen LogP contribution in [0.5, 0.6) is 0 Å². The molecule has 0 aliphatic heterocycles. The molecular weight excluding hydrogens is 80.1 g/mol. The molecule has 0 aliphatic rings. The normalized spacial score (nSPS) is 9.60. The Morgan fingerprint density at radius 2 is 1.80 bits per heavy atom. The number of rotatable bonds is 1. The summed E-state index contributed by atoms with van der Waals surface area (Å²) in [5.41, 5.74) is 0. The van der Waals surface area contributed by atoms with Gasteiger partial charge in [0.15, 0.2) is 0 Å². The van der Waals surface area contributed by atoms with Gasteiger partial charge < -0.3 is 0 Å². The zero-order valence-corrected chi connectivity index (χ0v) is 4.51. The maximum atomic E-state index is 3.60. The molecule has 0 atom stereocenters. The Morgan fingerprint density at radius 3 is 1.80 bits per heavy atom. The zero-order valence-electron chi connectivity index (χ0n) is 3.69. The summed E-state index contributed by atoms with van der Waals surface area (Å²) in [6, 6.07) is 0. The quantitative estimate of drug-likeness (QED) is 0.473. The minimum atomic E-state index is 0.690. The van der Waals surface area contributed by atoms with Crippen LogP contribution >= 0.6 is 11.8 Å². The number of thioether (sulfide) groups is 1. The summed E-state index contributed by atoms with van der Waals surface area (Å²) < 4.78 is 0. The van der Waals surface area contributed by atoms with Gasteiger partial charge >= 0.3 is 0 Å². The van der Waals surface area contributed by atoms with Crippen molar-refractivity contribution in [2.75, 3.05) is 0 Å². The van der Waals surface area contributed by atoms with Crippen molar-refractivity contribution in [3.63, 3.8) is 0 Å². The van der Waals surface area contributed by atoms with Gasteiger partial charge in [-0.2, -0.15) is 11.8 Å². The van der Waals surface area contributed by atoms with E-state index in [1.54, 1.807) is 11.8 Å². The van der Waals surface area contributed by atoms with Crippen LogP contribution in [0.1, 0.15) is 13.8 Å². The van der Waals surface area contributed by atoms with E-state index >= 15 is 0 Å². The SMILES string of the molecule is [CH2]SC(C)C. The second-order valence-electron chi connectivity index (χ2n) is 1.22. The third kappa shape index (κ3) is 4.35. The minimum absolute atomic E-state index is 0.690. The minimum Gasteiger partial charge on any atom is -0.158 e. The molecule has 1 radical (unpaired) electrons. The molecule has 0 bridgehead atoms. The second-order valence-corrected chi connectivity index (χ2v) is 2.49. The third-order valence-electron chi connectivity index (χ3n) is 0.333. The number of hydrogen-bond donors (Lipinski definition) is 0. The Hall–Kier alpha value is 0.350. The molecule has 0 rings (SSSR count). The van der Waals surface area contributed by atoms with E-state index in [1.807, 2.05) is 0 Å². The van der Waals surface area contributed by atoms with E-state index in [2.05, 4.69) is 20.1 Å². The molecule has 0 saturated heterocycles. The molecule has 0 heterocycles. The predicted octanol–water partition coefficient (Wildman–Crippen LogP) is 1.92. The van der Waals surface area contributed by atoms with E-state index in [0.717, 1.165) is 0 Å². The molecule has 0 aromatic heterocycles. The van der Waals surface area contributed by atoms with Crippen LogP contribution in [0.15, 0.2) is 0 Å². The molecule has 0 fully saturated rings. The number of hydrogen-bond acceptors (Lipinski definition) is 1. The highest BCUT2D eigenvalue weighted by Crippen LogP contribution is 2.02. The molecular formula is C4H9S. The standard InChI is InChI=1S/C4H9S/c1-4(2)5-3/h4H,3H2,1-2H3. The van der Waals surface area contributed by atoms with Gasteiger partial charge in [-0.1, -0.05) is 13.8 Å². The summed E-state index contributed by atoms with van der Waals surface area (Å²) in [5.74, 6) is 0. The van der Waals surface area contributed by atoms with Crippen LogP contribution in [0.25, 0.3) is 0 Å². The second kappa shape index (κ2) is 2.58. The molecule has 0 aromatic carbocycles. The van der Waals surface area contributed by atoms with Crippen LogP contribution in [0.2, 0.25) is 0 Å². The van der Waals surface area contributed by atoms with E-state index in [0.29, 0.717) is 5.25 Å². The molecule has 31 valence electrons. The largest absolute Gasteiger partial charge is 0.158 e. The molecule has 0 aromatic rings. The fourth-order valence-corrected chi connectivity index (χ4v) is 0. The van der Waals surface area contributed by atoms with Gasteiger partial charge in [0, 0.05) is 6.26 Å². The molecule has 0 amide bonds. The van der Waals surface area contributed by atoms with Crippen molar-refractivity contribution in [3.05, 3.63) is 6.26 Å². The molecule has 0 saturated carbocycles. The van der Waals surface area contributed by atoms with Gasteiger partial charge in [0.05, 0.1) is 0 Å². The molecule has 0 N–H and O–H groups in total. The van der Waals surface area contributed by atoms with E-state index in [-0.39, 0.29) is 0 Å². The van der Waals surface area contributed by atoms with Gasteiger partial charge in [-0.05, 0) is 5.25 Å². The smallest absolute Gasteiger partial charge is 0.00262 e. The third-order valence-corrected chi connectivity index (χ3v) is 1.00. The first-order chi connectivity index (χ1) is 2.27. The lowest BCUT2D eigenvalue weighted by Crippen LogP contribution is -1.78. The highest BCUT2D eigenvalue weighted by molar-refractivity contribution is 8.00. The van der Waals surface area contributed by atoms with Crippen LogP contribution in [0.3, 0.4) is 0 Å². The Balaban J connectivity index is 2.54. The van der Waals surface area contributed by atoms with E-state index in [1.165, 1.54) is 0 Å². The Morgan fingerprint density at radius 1 is 1.60 bits per heavy atom. The summed E-state index contributed by atoms with van der Waals surface area (Å²) in [6.45, 7) is 4.25. The van der Waals surface area contributed by atoms with Crippen molar-refractivity contribution < 1.29 is 0 Å². The molecule has 0 unspecified atom stereocenters. The lowest BCUT2D eigenvalue weighted by molar-refractivity contribution is 1.12. The van der Waals surface area contributed by atoms with E-state index < -0.39 is 0 Å². The average Bonchev–Trinajstić information content (AvgIpc) is 1.38. The summed E-state index contributed by atoms with van der Waals surface area (Å²) >= 11 is 1.63. The van der Waals surface area contributed by atoms with Gasteiger partial charge in [0.1, 0.15) is 0 Å². The molecule has 0 spiro atoms. The summed E-state index contributed by atoms with van der Waals surface area (Å²) in [5, 5.41) is 0.690. The van der Waals surface area contributed by atoms with Crippen molar-refractivity contribution in [2.24, 2.45) is 0 Å². The first-order valence-electron chi connectivity index (χ1n) is 1.68. The van der Waals surface area contributed by atoms with Crippen molar-refractivity contribution in [1.82, 2.24) is 0 Å². The van der Waals surface area contributed by atoms with E-state index in [9.17, 15) is 0 Å². The van der Waals surface area contributed by atoms with Crippen LogP contribution < -0.4 is 0 Å². The topological polar surface area (TPSA) is 0 Å². The van der Waals surface area contributed by atoms with E-state index in [4.69, 9.17) is 0 Å². The van der Waals surface area contributed by atoms with Gasteiger partial charge in [0.2, 0.25) is 0 Å². The van der Waals surface area contributed by atoms with Crippen LogP contribution in [-0.2, 0) is 0 Å². The van der Waals surface area contributed by atoms with Crippen molar-refractivity contribution in [2.45, 2.75) is 19.1 Å². The highest BCUT2D eigenvalue weighted by Gasteiger charge is 1.80. The fourth-order valence-electron chi connectivity index (χ4n) is 0. The maximum absolute atomic E-state index is 3.60. The Bertz CT molecular complexity index is 17.6. The Kier molecular flexibility index (Phi) is 2.76. The predicted molar refractivity (Wildman–Crippen MR) is 28.1 cm³/mol. The molecule has 1 heteroatoms. The summed E-state index contributed by atoms with van der Waals surface area (Å²) in [6.07, 6.45) is 3.60. The molecule has 0 aliphatic carbocycles. The van der Waals surface area contributed by atoms with Crippen molar-refractivity contribution in [3.8, 4) is 0 Å². The first kappa shape index (κ1) is 5.35. The average molecular weight is 89.2 g/mol. The Labute approximate surface area is 38.0 Å². The van der Waals surface area contributed by atoms with Crippen molar-refractivity contribution >= 4 is 11.8 Å². The van der Waals surface area contributed by atoms with Crippen molar-refractivity contribution in [1.29, 1.82) is 0 Å². The monoisotopic (exact) mass is 89.0 g/mol. The lowest BCUT2D eigenvalue weighted by Gasteiger charge is -1.90. The molecule has 0 nitrogen and oxygen atoms in total. The van der Waals surface area contributed by atoms with Gasteiger partial charge in [-0.25, -0.2) is 0 Å².